The van der Waals surface area contributed by atoms with E-state index in [4.69, 9.17) is 5.21 Å². The quantitative estimate of drug-likeness (QED) is 0.283. The number of hydrogen-bond donors (Lipinski definition) is 3. The van der Waals surface area contributed by atoms with Crippen molar-refractivity contribution in [3.63, 3.8) is 0 Å². The summed E-state index contributed by atoms with van der Waals surface area (Å²) in [5, 5.41) is 19.5. The molecule has 0 aliphatic carbocycles. The maximum absolute atomic E-state index is 12.0. The zero-order valence-electron chi connectivity index (χ0n) is 12.2. The van der Waals surface area contributed by atoms with Gasteiger partial charge in [-0.15, -0.1) is 0 Å². The number of thioether (sulfide) groups is 1. The third-order valence-corrected chi connectivity index (χ3v) is 4.47. The molecular formula is C15H12N4O4S. The molecule has 1 atom stereocenters. The van der Waals surface area contributed by atoms with Crippen LogP contribution in [0.15, 0.2) is 53.7 Å². The van der Waals surface area contributed by atoms with E-state index in [9.17, 15) is 14.9 Å². The summed E-state index contributed by atoms with van der Waals surface area (Å²) in [4.78, 5) is 29.6. The Morgan fingerprint density at radius 2 is 2.04 bits per heavy atom. The predicted octanol–water partition coefficient (Wildman–Crippen LogP) is 2.81. The van der Waals surface area contributed by atoms with Gasteiger partial charge in [0.2, 0.25) is 0 Å². The number of aromatic nitrogens is 2. The fourth-order valence-corrected chi connectivity index (χ4v) is 3.21. The number of rotatable bonds is 5. The second-order valence-electron chi connectivity index (χ2n) is 4.89. The van der Waals surface area contributed by atoms with E-state index in [1.807, 2.05) is 6.07 Å². The van der Waals surface area contributed by atoms with Crippen molar-refractivity contribution in [3.05, 3.63) is 64.2 Å². The lowest BCUT2D eigenvalue weighted by Crippen LogP contribution is -2.24. The third-order valence-electron chi connectivity index (χ3n) is 3.34. The minimum Gasteiger partial charge on any atom is -0.333 e. The Morgan fingerprint density at radius 3 is 2.71 bits per heavy atom. The molecule has 0 spiro atoms. The number of nitrogens with zero attached hydrogens (tertiary/aromatic N) is 2. The first-order valence-electron chi connectivity index (χ1n) is 6.88. The topological polar surface area (TPSA) is 121 Å². The van der Waals surface area contributed by atoms with Crippen LogP contribution in [0.4, 0.5) is 5.69 Å². The minimum absolute atomic E-state index is 0.0572. The summed E-state index contributed by atoms with van der Waals surface area (Å²) in [6, 6.07) is 13.2. The Hall–Kier alpha value is -2.91. The Kier molecular flexibility index (Phi) is 4.45. The highest BCUT2D eigenvalue weighted by Gasteiger charge is 2.23. The van der Waals surface area contributed by atoms with Crippen LogP contribution in [0.25, 0.3) is 11.0 Å². The van der Waals surface area contributed by atoms with E-state index in [1.54, 1.807) is 35.8 Å². The highest BCUT2D eigenvalue weighted by atomic mass is 32.2. The number of imidazole rings is 1. The summed E-state index contributed by atoms with van der Waals surface area (Å²) in [6.45, 7) is 0. The Balaban J connectivity index is 1.93. The van der Waals surface area contributed by atoms with Crippen LogP contribution >= 0.6 is 11.8 Å². The summed E-state index contributed by atoms with van der Waals surface area (Å²) >= 11 is 1.11. The first kappa shape index (κ1) is 16.0. The Morgan fingerprint density at radius 1 is 1.29 bits per heavy atom. The summed E-state index contributed by atoms with van der Waals surface area (Å²) in [5.41, 5.74) is 3.35. The number of nitro benzene ring substituents is 1. The van der Waals surface area contributed by atoms with Crippen LogP contribution in [0, 0.1) is 10.1 Å². The maximum atomic E-state index is 12.0. The Labute approximate surface area is 140 Å². The minimum atomic E-state index is -0.716. The number of H-pyrrole nitrogens is 1. The fourth-order valence-electron chi connectivity index (χ4n) is 2.21. The molecule has 0 aliphatic heterocycles. The number of amides is 1. The van der Waals surface area contributed by atoms with E-state index < -0.39 is 16.1 Å². The number of carbonyl (C=O) groups excluding carboxylic acids is 1. The molecule has 3 aromatic rings. The zero-order chi connectivity index (χ0) is 17.1. The molecule has 1 heterocycles. The van der Waals surface area contributed by atoms with Crippen LogP contribution in [-0.4, -0.2) is 26.0 Å². The molecule has 0 bridgehead atoms. The van der Waals surface area contributed by atoms with Crippen molar-refractivity contribution in [1.82, 2.24) is 15.4 Å². The number of nitro groups is 1. The van der Waals surface area contributed by atoms with Gasteiger partial charge in [0.15, 0.2) is 5.16 Å². The first-order valence-corrected chi connectivity index (χ1v) is 7.76. The van der Waals surface area contributed by atoms with Gasteiger partial charge in [0.25, 0.3) is 11.6 Å². The molecule has 3 N–H and O–H groups in total. The van der Waals surface area contributed by atoms with Crippen molar-refractivity contribution >= 4 is 34.4 Å². The first-order chi connectivity index (χ1) is 11.6. The summed E-state index contributed by atoms with van der Waals surface area (Å²) in [7, 11) is 0. The van der Waals surface area contributed by atoms with Crippen molar-refractivity contribution in [3.8, 4) is 0 Å². The molecule has 0 aliphatic rings. The van der Waals surface area contributed by atoms with Gasteiger partial charge in [0.1, 0.15) is 5.25 Å². The molecule has 1 unspecified atom stereocenters. The number of aromatic amines is 1. The van der Waals surface area contributed by atoms with Gasteiger partial charge >= 0.3 is 0 Å². The summed E-state index contributed by atoms with van der Waals surface area (Å²) in [5.74, 6) is -0.586. The van der Waals surface area contributed by atoms with Crippen LogP contribution in [0.2, 0.25) is 0 Å². The number of nitrogens with one attached hydrogen (secondary N) is 2. The molecule has 8 nitrogen and oxygen atoms in total. The van der Waals surface area contributed by atoms with Crippen molar-refractivity contribution in [2.24, 2.45) is 0 Å². The van der Waals surface area contributed by atoms with Gasteiger partial charge in [0, 0.05) is 12.1 Å². The van der Waals surface area contributed by atoms with Crippen LogP contribution in [0.3, 0.4) is 0 Å². The van der Waals surface area contributed by atoms with Crippen molar-refractivity contribution in [1.29, 1.82) is 0 Å². The smallest absolute Gasteiger partial charge is 0.271 e. The summed E-state index contributed by atoms with van der Waals surface area (Å²) in [6.07, 6.45) is 0. The number of fused-ring (bicyclic) bond motifs is 1. The van der Waals surface area contributed by atoms with E-state index in [0.29, 0.717) is 21.8 Å². The van der Waals surface area contributed by atoms with Gasteiger partial charge in [-0.25, -0.2) is 10.5 Å². The number of carbonyl (C=O) groups is 1. The van der Waals surface area contributed by atoms with Gasteiger partial charge < -0.3 is 4.98 Å². The van der Waals surface area contributed by atoms with Crippen molar-refractivity contribution < 1.29 is 14.9 Å². The number of non-ortho nitro benzene ring substituents is 1. The molecule has 9 heteroatoms. The maximum Gasteiger partial charge on any atom is 0.271 e. The molecule has 1 amide bonds. The Bertz CT molecular complexity index is 897. The predicted molar refractivity (Wildman–Crippen MR) is 87.7 cm³/mol. The molecule has 0 saturated heterocycles. The fraction of sp³-hybridized carbons (Fsp3) is 0.0667. The van der Waals surface area contributed by atoms with Gasteiger partial charge in [0.05, 0.1) is 16.0 Å². The van der Waals surface area contributed by atoms with Gasteiger partial charge in [-0.05, 0) is 11.6 Å². The molecule has 24 heavy (non-hydrogen) atoms. The lowest BCUT2D eigenvalue weighted by atomic mass is 10.1. The van der Waals surface area contributed by atoms with E-state index in [0.717, 1.165) is 11.8 Å². The number of benzene rings is 2. The highest BCUT2D eigenvalue weighted by Crippen LogP contribution is 2.35. The lowest BCUT2D eigenvalue weighted by Gasteiger charge is -2.13. The van der Waals surface area contributed by atoms with Crippen LogP contribution in [0.5, 0.6) is 0 Å². The molecule has 122 valence electrons. The normalized spacial score (nSPS) is 12.0. The monoisotopic (exact) mass is 344 g/mol. The van der Waals surface area contributed by atoms with Crippen molar-refractivity contribution in [2.45, 2.75) is 10.4 Å². The zero-order valence-corrected chi connectivity index (χ0v) is 13.0. The van der Waals surface area contributed by atoms with Crippen LogP contribution < -0.4 is 5.48 Å². The average Bonchev–Trinajstić information content (AvgIpc) is 3.01. The molecule has 0 radical (unpaired) electrons. The third kappa shape index (κ3) is 3.21. The second-order valence-corrected chi connectivity index (χ2v) is 5.98. The molecule has 0 saturated carbocycles. The van der Waals surface area contributed by atoms with E-state index in [1.165, 1.54) is 12.1 Å². The largest absolute Gasteiger partial charge is 0.333 e. The second kappa shape index (κ2) is 6.69. The molecule has 1 aromatic heterocycles. The average molecular weight is 344 g/mol. The molecular weight excluding hydrogens is 332 g/mol. The van der Waals surface area contributed by atoms with Crippen molar-refractivity contribution in [2.75, 3.05) is 0 Å². The van der Waals surface area contributed by atoms with Gasteiger partial charge in [-0.3, -0.25) is 20.1 Å². The summed E-state index contributed by atoms with van der Waals surface area (Å²) < 4.78 is 0. The lowest BCUT2D eigenvalue weighted by molar-refractivity contribution is -0.384. The van der Waals surface area contributed by atoms with Gasteiger partial charge in [-0.1, -0.05) is 42.1 Å². The van der Waals surface area contributed by atoms with Crippen LogP contribution in [-0.2, 0) is 4.79 Å². The van der Waals surface area contributed by atoms with Crippen LogP contribution in [0.1, 0.15) is 10.8 Å². The SMILES string of the molecule is O=C(NO)C(Sc1nc2cc([N+](=O)[O-])ccc2[nH]1)c1ccccc1. The number of hydrogen-bond acceptors (Lipinski definition) is 6. The van der Waals surface area contributed by atoms with Gasteiger partial charge in [-0.2, -0.15) is 0 Å². The van der Waals surface area contributed by atoms with E-state index in [-0.39, 0.29) is 5.69 Å². The van der Waals surface area contributed by atoms with E-state index >= 15 is 0 Å². The molecule has 0 fully saturated rings. The molecule has 3 rings (SSSR count). The highest BCUT2D eigenvalue weighted by molar-refractivity contribution is 8.00. The molecule has 2 aromatic carbocycles. The van der Waals surface area contributed by atoms with E-state index in [2.05, 4.69) is 9.97 Å². The number of hydroxylamine groups is 1. The standard InChI is InChI=1S/C15H12N4O4S/c20-14(18-21)13(9-4-2-1-3-5-9)24-15-16-11-7-6-10(19(22)23)8-12(11)17-15/h1-8,13,21H,(H,16,17)(H,18,20).